The molecule has 4 rings (SSSR count). The van der Waals surface area contributed by atoms with E-state index in [-0.39, 0.29) is 17.3 Å². The first-order chi connectivity index (χ1) is 11.4. The Bertz CT molecular complexity index is 860. The predicted molar refractivity (Wildman–Crippen MR) is 95.0 cm³/mol. The number of ketones is 1. The number of carbonyl (C=O) groups is 1. The Kier molecular flexibility index (Phi) is 3.27. The lowest BCUT2D eigenvalue weighted by atomic mass is 9.63. The minimum atomic E-state index is -0.150. The molecule has 2 unspecified atom stereocenters. The maximum absolute atomic E-state index is 13.1. The minimum absolute atomic E-state index is 0.0223. The molecule has 1 fully saturated rings. The predicted octanol–water partition coefficient (Wildman–Crippen LogP) is 4.25. The molecule has 1 saturated carbocycles. The molecule has 4 nitrogen and oxygen atoms in total. The van der Waals surface area contributed by atoms with E-state index in [1.54, 1.807) is 0 Å². The molecule has 124 valence electrons. The smallest absolute Gasteiger partial charge is 0.177 e. The van der Waals surface area contributed by atoms with Gasteiger partial charge in [-0.3, -0.25) is 9.89 Å². The zero-order valence-electron chi connectivity index (χ0n) is 14.7. The van der Waals surface area contributed by atoms with Crippen molar-refractivity contribution in [2.45, 2.75) is 46.5 Å². The molecule has 1 aliphatic heterocycles. The highest BCUT2D eigenvalue weighted by molar-refractivity contribution is 6.11. The highest BCUT2D eigenvalue weighted by atomic mass is 16.1. The van der Waals surface area contributed by atoms with Gasteiger partial charge in [0.25, 0.3) is 0 Å². The molecule has 2 aliphatic rings. The fourth-order valence-corrected chi connectivity index (χ4v) is 4.37. The van der Waals surface area contributed by atoms with E-state index in [1.807, 2.05) is 13.0 Å². The van der Waals surface area contributed by atoms with Gasteiger partial charge in [-0.15, -0.1) is 0 Å². The van der Waals surface area contributed by atoms with E-state index >= 15 is 0 Å². The molecule has 2 aromatic rings. The molecule has 2 heterocycles. The number of H-pyrrole nitrogens is 1. The second kappa shape index (κ2) is 5.13. The summed E-state index contributed by atoms with van der Waals surface area (Å²) < 4.78 is 0. The van der Waals surface area contributed by atoms with E-state index in [9.17, 15) is 4.79 Å². The number of carbonyl (C=O) groups excluding carboxylic acids is 1. The van der Waals surface area contributed by atoms with E-state index in [0.717, 1.165) is 29.2 Å². The van der Waals surface area contributed by atoms with Crippen molar-refractivity contribution in [1.29, 1.82) is 0 Å². The lowest BCUT2D eigenvalue weighted by Crippen LogP contribution is -2.42. The number of benzene rings is 1. The Morgan fingerprint density at radius 2 is 1.88 bits per heavy atom. The third kappa shape index (κ3) is 2.24. The van der Waals surface area contributed by atoms with Crippen LogP contribution in [0, 0.1) is 25.2 Å². The summed E-state index contributed by atoms with van der Waals surface area (Å²) in [5.41, 5.74) is 5.51. The summed E-state index contributed by atoms with van der Waals surface area (Å²) in [6, 6.07) is 8.37. The second-order valence-electron chi connectivity index (χ2n) is 7.99. The van der Waals surface area contributed by atoms with Crippen molar-refractivity contribution < 1.29 is 4.79 Å². The standard InChI is InChI=1S/C20H23N3O/c1-11-7-5-6-8-13(11)17-16-12(2)22-23-19(16)21-14-9-20(3,4)10-15(24)18(14)17/h5-8,17-18H,9-10H2,1-4H3,(H,22,23). The van der Waals surface area contributed by atoms with Crippen molar-refractivity contribution in [2.24, 2.45) is 16.3 Å². The highest BCUT2D eigenvalue weighted by Gasteiger charge is 2.47. The van der Waals surface area contributed by atoms with Crippen LogP contribution in [0.5, 0.6) is 0 Å². The first-order valence-electron chi connectivity index (χ1n) is 8.58. The Morgan fingerprint density at radius 1 is 1.12 bits per heavy atom. The van der Waals surface area contributed by atoms with Gasteiger partial charge in [-0.25, -0.2) is 4.99 Å². The number of aromatic amines is 1. The van der Waals surface area contributed by atoms with Crippen LogP contribution in [0.15, 0.2) is 29.3 Å². The van der Waals surface area contributed by atoms with Crippen LogP contribution in [0.4, 0.5) is 5.82 Å². The number of rotatable bonds is 1. The van der Waals surface area contributed by atoms with Gasteiger partial charge in [-0.05, 0) is 36.8 Å². The van der Waals surface area contributed by atoms with Crippen LogP contribution in [-0.2, 0) is 4.79 Å². The third-order valence-electron chi connectivity index (χ3n) is 5.41. The monoisotopic (exact) mass is 321 g/mol. The maximum Gasteiger partial charge on any atom is 0.177 e. The molecular weight excluding hydrogens is 298 g/mol. The number of nitrogens with one attached hydrogen (secondary N) is 1. The molecule has 4 heteroatoms. The van der Waals surface area contributed by atoms with Gasteiger partial charge in [-0.2, -0.15) is 5.10 Å². The SMILES string of the molecule is Cc1ccccc1C1c2c(n[nH]c2C)N=C2CC(C)(C)CC(=O)C21. The lowest BCUT2D eigenvalue weighted by Gasteiger charge is -2.40. The molecule has 1 N–H and O–H groups in total. The fourth-order valence-electron chi connectivity index (χ4n) is 4.37. The number of Topliss-reactive ketones (excluding diaryl/α,β-unsaturated/α-hetero) is 1. The van der Waals surface area contributed by atoms with Crippen LogP contribution in [0.1, 0.15) is 55.0 Å². The first kappa shape index (κ1) is 15.3. The quantitative estimate of drug-likeness (QED) is 0.853. The Morgan fingerprint density at radius 3 is 2.62 bits per heavy atom. The van der Waals surface area contributed by atoms with Gasteiger partial charge < -0.3 is 0 Å². The second-order valence-corrected chi connectivity index (χ2v) is 7.99. The molecular formula is C20H23N3O. The highest BCUT2D eigenvalue weighted by Crippen LogP contribution is 2.49. The summed E-state index contributed by atoms with van der Waals surface area (Å²) >= 11 is 0. The van der Waals surface area contributed by atoms with E-state index in [1.165, 1.54) is 11.1 Å². The number of aryl methyl sites for hydroxylation is 2. The van der Waals surface area contributed by atoms with Crippen LogP contribution < -0.4 is 0 Å². The molecule has 0 spiro atoms. The average Bonchev–Trinajstić information content (AvgIpc) is 2.86. The van der Waals surface area contributed by atoms with Crippen molar-refractivity contribution >= 4 is 17.3 Å². The van der Waals surface area contributed by atoms with E-state index in [2.05, 4.69) is 49.2 Å². The molecule has 0 saturated heterocycles. The van der Waals surface area contributed by atoms with E-state index in [0.29, 0.717) is 12.2 Å². The van der Waals surface area contributed by atoms with Gasteiger partial charge in [0.1, 0.15) is 5.78 Å². The van der Waals surface area contributed by atoms with E-state index in [4.69, 9.17) is 4.99 Å². The van der Waals surface area contributed by atoms with Crippen LogP contribution in [0.25, 0.3) is 0 Å². The Balaban J connectivity index is 1.95. The normalized spacial score (nSPS) is 25.0. The fraction of sp³-hybridized carbons (Fsp3) is 0.450. The summed E-state index contributed by atoms with van der Waals surface area (Å²) in [5, 5.41) is 7.48. The van der Waals surface area contributed by atoms with Crippen molar-refractivity contribution in [3.05, 3.63) is 46.6 Å². The zero-order chi connectivity index (χ0) is 17.1. The summed E-state index contributed by atoms with van der Waals surface area (Å²) in [7, 11) is 0. The van der Waals surface area contributed by atoms with E-state index < -0.39 is 0 Å². The Labute approximate surface area is 142 Å². The number of hydrogen-bond acceptors (Lipinski definition) is 3. The molecule has 24 heavy (non-hydrogen) atoms. The zero-order valence-corrected chi connectivity index (χ0v) is 14.7. The number of aromatic nitrogens is 2. The molecule has 1 aliphatic carbocycles. The van der Waals surface area contributed by atoms with Gasteiger partial charge in [-0.1, -0.05) is 38.1 Å². The van der Waals surface area contributed by atoms with Gasteiger partial charge >= 0.3 is 0 Å². The van der Waals surface area contributed by atoms with Gasteiger partial charge in [0.15, 0.2) is 5.82 Å². The van der Waals surface area contributed by atoms with Crippen molar-refractivity contribution in [1.82, 2.24) is 10.2 Å². The van der Waals surface area contributed by atoms with Gasteiger partial charge in [0.05, 0.1) is 5.92 Å². The Hall–Kier alpha value is -2.23. The van der Waals surface area contributed by atoms with Crippen LogP contribution in [-0.4, -0.2) is 21.7 Å². The van der Waals surface area contributed by atoms with Crippen molar-refractivity contribution in [2.75, 3.05) is 0 Å². The minimum Gasteiger partial charge on any atom is -0.299 e. The third-order valence-corrected chi connectivity index (χ3v) is 5.41. The largest absolute Gasteiger partial charge is 0.299 e. The average molecular weight is 321 g/mol. The summed E-state index contributed by atoms with van der Waals surface area (Å²) in [5.74, 6) is 0.945. The summed E-state index contributed by atoms with van der Waals surface area (Å²) in [4.78, 5) is 17.9. The molecule has 1 aromatic heterocycles. The first-order valence-corrected chi connectivity index (χ1v) is 8.58. The molecule has 0 radical (unpaired) electrons. The molecule has 0 amide bonds. The number of aliphatic imine (C=N–C) groups is 1. The van der Waals surface area contributed by atoms with Crippen LogP contribution in [0.2, 0.25) is 0 Å². The van der Waals surface area contributed by atoms with Gasteiger partial charge in [0, 0.05) is 29.3 Å². The van der Waals surface area contributed by atoms with Gasteiger partial charge in [0.2, 0.25) is 0 Å². The topological polar surface area (TPSA) is 58.1 Å². The summed E-state index contributed by atoms with van der Waals surface area (Å²) in [6.45, 7) is 8.44. The van der Waals surface area contributed by atoms with Crippen LogP contribution in [0.3, 0.4) is 0 Å². The number of nitrogens with zero attached hydrogens (tertiary/aromatic N) is 2. The van der Waals surface area contributed by atoms with Crippen LogP contribution >= 0.6 is 0 Å². The number of hydrogen-bond donors (Lipinski definition) is 1. The lowest BCUT2D eigenvalue weighted by molar-refractivity contribution is -0.124. The molecule has 2 atom stereocenters. The van der Waals surface area contributed by atoms with Crippen molar-refractivity contribution in [3.8, 4) is 0 Å². The molecule has 0 bridgehead atoms. The van der Waals surface area contributed by atoms with Crippen molar-refractivity contribution in [3.63, 3.8) is 0 Å². The maximum atomic E-state index is 13.1. The summed E-state index contributed by atoms with van der Waals surface area (Å²) in [6.07, 6.45) is 1.47. The molecule has 1 aromatic carbocycles. The number of fused-ring (bicyclic) bond motifs is 2.